The lowest BCUT2D eigenvalue weighted by atomic mass is 9.95. The summed E-state index contributed by atoms with van der Waals surface area (Å²) in [7, 11) is 0. The molecule has 8 rings (SSSR count). The van der Waals surface area contributed by atoms with Gasteiger partial charge in [-0.25, -0.2) is 8.78 Å². The molecule has 3 aliphatic heterocycles. The molecule has 3 saturated heterocycles. The summed E-state index contributed by atoms with van der Waals surface area (Å²) in [5.41, 5.74) is 6.98. The molecule has 9 nitrogen and oxygen atoms in total. The molecule has 0 spiro atoms. The van der Waals surface area contributed by atoms with Crippen LogP contribution >= 0.6 is 22.9 Å². The van der Waals surface area contributed by atoms with E-state index in [2.05, 4.69) is 33.7 Å². The van der Waals surface area contributed by atoms with E-state index in [4.69, 9.17) is 22.1 Å². The fourth-order valence-corrected chi connectivity index (χ4v) is 8.21. The first-order chi connectivity index (χ1) is 25.6. The molecule has 1 unspecified atom stereocenters. The summed E-state index contributed by atoms with van der Waals surface area (Å²) in [5, 5.41) is 13.6. The number of nitrogens with one attached hydrogen (secondary N) is 1. The predicted molar refractivity (Wildman–Crippen MR) is 211 cm³/mol. The number of hydrogen-bond acceptors (Lipinski definition) is 9. The molecule has 1 saturated carbocycles. The SMILES string of the molecule is C1CC1.C=CCN(CCC)C(=O)C1CN1.CC.Cc1nc(OCC23CCCN2CCC3)nc2c(F)c(-c3ccc(F)c4sc(N)c(C#N)c34)c(Cl)cc12. The second-order valence-electron chi connectivity index (χ2n) is 13.6. The van der Waals surface area contributed by atoms with Crippen molar-refractivity contribution in [3.8, 4) is 23.2 Å². The average Bonchev–Trinajstić information content (AvgIpc) is 4.09. The first kappa shape index (κ1) is 40.3. The molecule has 4 aromatic rings. The second kappa shape index (κ2) is 18.0. The molecule has 1 aliphatic carbocycles. The van der Waals surface area contributed by atoms with Gasteiger partial charge in [-0.3, -0.25) is 9.69 Å². The Morgan fingerprint density at radius 2 is 1.91 bits per heavy atom. The van der Waals surface area contributed by atoms with E-state index in [0.29, 0.717) is 24.2 Å². The van der Waals surface area contributed by atoms with E-state index in [0.717, 1.165) is 69.6 Å². The highest BCUT2D eigenvalue weighted by Gasteiger charge is 2.45. The normalized spacial score (nSPS) is 17.7. The molecule has 1 atom stereocenters. The lowest BCUT2D eigenvalue weighted by Crippen LogP contribution is -2.43. The van der Waals surface area contributed by atoms with Gasteiger partial charge >= 0.3 is 6.01 Å². The van der Waals surface area contributed by atoms with E-state index >= 15 is 4.39 Å². The van der Waals surface area contributed by atoms with Gasteiger partial charge in [0, 0.05) is 36.0 Å². The molecular formula is C40H50ClF2N7O2S. The Balaban J connectivity index is 0.000000264. The molecule has 4 aliphatic rings. The number of nitriles is 1. The van der Waals surface area contributed by atoms with Gasteiger partial charge < -0.3 is 20.7 Å². The number of nitrogen functional groups attached to an aromatic ring is 1. The first-order valence-electron chi connectivity index (χ1n) is 18.7. The zero-order valence-electron chi connectivity index (χ0n) is 31.2. The number of rotatable bonds is 9. The van der Waals surface area contributed by atoms with Gasteiger partial charge in [0.1, 0.15) is 29.0 Å². The topological polar surface area (TPSA) is 130 Å². The van der Waals surface area contributed by atoms with Crippen LogP contribution < -0.4 is 15.8 Å². The molecule has 13 heteroatoms. The second-order valence-corrected chi connectivity index (χ2v) is 15.0. The monoisotopic (exact) mass is 765 g/mol. The number of benzene rings is 2. The molecule has 2 aromatic heterocycles. The van der Waals surface area contributed by atoms with Crippen LogP contribution in [0.5, 0.6) is 6.01 Å². The number of aryl methyl sites for hydroxylation is 1. The summed E-state index contributed by atoms with van der Waals surface area (Å²) in [4.78, 5) is 24.7. The molecule has 5 heterocycles. The van der Waals surface area contributed by atoms with Crippen LogP contribution in [0.3, 0.4) is 0 Å². The minimum absolute atomic E-state index is 0.00220. The van der Waals surface area contributed by atoms with Gasteiger partial charge in [-0.05, 0) is 69.8 Å². The standard InChI is InChI=1S/C26H22ClF2N5OS.C9H16N2O.C3H6.C2H6/c1-13-15-10-17(27)20(14-4-5-18(28)23-19(14)16(11-30)24(31)36-23)21(29)22(15)33-25(32-13)35-12-26-6-2-8-34(26)9-3-7-26;1-3-5-11(6-4-2)9(12)8-7-10-8;1-2-3-1;1-2/h4-5,10H,2-3,6-9,12,31H2,1H3;3,8,10H,1,4-7H2,2H3;1-3H2;1-2H3. The van der Waals surface area contributed by atoms with E-state index in [-0.39, 0.29) is 65.8 Å². The van der Waals surface area contributed by atoms with Crippen molar-refractivity contribution in [2.75, 3.05) is 45.1 Å². The van der Waals surface area contributed by atoms with E-state index in [1.807, 2.05) is 24.8 Å². The average molecular weight is 766 g/mol. The molecular weight excluding hydrogens is 716 g/mol. The fourth-order valence-electron chi connectivity index (χ4n) is 6.97. The molecule has 1 amide bonds. The van der Waals surface area contributed by atoms with Gasteiger partial charge in [0.2, 0.25) is 5.91 Å². The van der Waals surface area contributed by atoms with Crippen molar-refractivity contribution in [1.29, 1.82) is 5.26 Å². The van der Waals surface area contributed by atoms with Crippen LogP contribution in [0.2, 0.25) is 5.02 Å². The van der Waals surface area contributed by atoms with E-state index < -0.39 is 11.6 Å². The zero-order valence-corrected chi connectivity index (χ0v) is 32.7. The number of nitrogens with two attached hydrogens (primary N) is 1. The Kier molecular flexibility index (Phi) is 13.7. The van der Waals surface area contributed by atoms with E-state index in [9.17, 15) is 14.4 Å². The van der Waals surface area contributed by atoms with Crippen molar-refractivity contribution in [3.63, 3.8) is 0 Å². The van der Waals surface area contributed by atoms with Crippen LogP contribution in [0.4, 0.5) is 13.8 Å². The largest absolute Gasteiger partial charge is 0.461 e. The minimum atomic E-state index is -0.684. The fraction of sp³-hybridized carbons (Fsp3) is 0.500. The Bertz CT molecular complexity index is 1980. The summed E-state index contributed by atoms with van der Waals surface area (Å²) in [6.45, 7) is 16.4. The van der Waals surface area contributed by atoms with Crippen LogP contribution in [-0.2, 0) is 4.79 Å². The number of halogens is 3. The van der Waals surface area contributed by atoms with Crippen molar-refractivity contribution >= 4 is 54.8 Å². The Morgan fingerprint density at radius 1 is 1.23 bits per heavy atom. The summed E-state index contributed by atoms with van der Waals surface area (Å²) in [6.07, 6.45) is 11.7. The molecule has 53 heavy (non-hydrogen) atoms. The van der Waals surface area contributed by atoms with Crippen LogP contribution in [0, 0.1) is 29.9 Å². The van der Waals surface area contributed by atoms with E-state index in [1.54, 1.807) is 19.1 Å². The van der Waals surface area contributed by atoms with Gasteiger partial charge in [-0.1, -0.05) is 63.8 Å². The number of hydrogen-bond donors (Lipinski definition) is 2. The number of amides is 1. The van der Waals surface area contributed by atoms with Gasteiger partial charge in [0.25, 0.3) is 0 Å². The zero-order chi connectivity index (χ0) is 38.3. The lowest BCUT2D eigenvalue weighted by molar-refractivity contribution is -0.130. The van der Waals surface area contributed by atoms with Crippen molar-refractivity contribution in [1.82, 2.24) is 25.1 Å². The van der Waals surface area contributed by atoms with Gasteiger partial charge in [-0.2, -0.15) is 15.2 Å². The number of carbonyl (C=O) groups is 1. The Labute approximate surface area is 320 Å². The number of carbonyl (C=O) groups excluding carboxylic acids is 1. The third kappa shape index (κ3) is 8.92. The maximum absolute atomic E-state index is 16.2. The van der Waals surface area contributed by atoms with Crippen molar-refractivity contribution in [3.05, 3.63) is 58.8 Å². The number of thiophene rings is 1. The molecule has 284 valence electrons. The number of ether oxygens (including phenoxy) is 1. The van der Waals surface area contributed by atoms with Crippen molar-refractivity contribution < 1.29 is 18.3 Å². The lowest BCUT2D eigenvalue weighted by Gasteiger charge is -2.31. The maximum atomic E-state index is 16.2. The third-order valence-corrected chi connectivity index (χ3v) is 11.1. The highest BCUT2D eigenvalue weighted by molar-refractivity contribution is 7.23. The van der Waals surface area contributed by atoms with Crippen LogP contribution in [0.1, 0.15) is 83.4 Å². The van der Waals surface area contributed by atoms with E-state index in [1.165, 1.54) is 31.4 Å². The Hall–Kier alpha value is -3.89. The van der Waals surface area contributed by atoms with Crippen molar-refractivity contribution in [2.24, 2.45) is 0 Å². The first-order valence-corrected chi connectivity index (χ1v) is 19.9. The van der Waals surface area contributed by atoms with Gasteiger partial charge in [0.05, 0.1) is 32.6 Å². The highest BCUT2D eigenvalue weighted by Crippen LogP contribution is 2.45. The summed E-state index contributed by atoms with van der Waals surface area (Å²) >= 11 is 7.52. The van der Waals surface area contributed by atoms with Crippen molar-refractivity contribution in [2.45, 2.75) is 90.6 Å². The number of anilines is 1. The van der Waals surface area contributed by atoms with Crippen LogP contribution in [0.15, 0.2) is 30.9 Å². The summed E-state index contributed by atoms with van der Waals surface area (Å²) in [5.74, 6) is -1.00. The number of nitrogens with zero attached hydrogens (tertiary/aromatic N) is 5. The predicted octanol–water partition coefficient (Wildman–Crippen LogP) is 8.79. The molecule has 3 N–H and O–H groups in total. The molecule has 0 bridgehead atoms. The molecule has 2 aromatic carbocycles. The highest BCUT2D eigenvalue weighted by atomic mass is 35.5. The third-order valence-electron chi connectivity index (χ3n) is 9.75. The molecule has 4 fully saturated rings. The summed E-state index contributed by atoms with van der Waals surface area (Å²) in [6, 6.07) is 6.46. The number of fused-ring (bicyclic) bond motifs is 3. The van der Waals surface area contributed by atoms with Gasteiger partial charge in [0.15, 0.2) is 5.82 Å². The van der Waals surface area contributed by atoms with Crippen LogP contribution in [0.25, 0.3) is 32.1 Å². The maximum Gasteiger partial charge on any atom is 0.317 e. The number of aromatic nitrogens is 2. The molecule has 0 radical (unpaired) electrons. The summed E-state index contributed by atoms with van der Waals surface area (Å²) < 4.78 is 37.0. The minimum Gasteiger partial charge on any atom is -0.461 e. The smallest absolute Gasteiger partial charge is 0.317 e. The van der Waals surface area contributed by atoms with Gasteiger partial charge in [-0.15, -0.1) is 17.9 Å². The Morgan fingerprint density at radius 3 is 2.49 bits per heavy atom. The quantitative estimate of drug-likeness (QED) is 0.128. The van der Waals surface area contributed by atoms with Crippen LogP contribution in [-0.4, -0.2) is 76.6 Å².